The highest BCUT2D eigenvalue weighted by molar-refractivity contribution is 5.99. The van der Waals surface area contributed by atoms with Gasteiger partial charge in [-0.25, -0.2) is 15.0 Å². The van der Waals surface area contributed by atoms with E-state index < -0.39 is 6.10 Å². The highest BCUT2D eigenvalue weighted by Gasteiger charge is 2.36. The summed E-state index contributed by atoms with van der Waals surface area (Å²) in [5, 5.41) is 17.4. The van der Waals surface area contributed by atoms with E-state index >= 15 is 0 Å². The first-order valence-electron chi connectivity index (χ1n) is 13.1. The Kier molecular flexibility index (Phi) is 5.43. The zero-order valence-electron chi connectivity index (χ0n) is 21.2. The number of aliphatic hydroxyl groups excluding tert-OH is 1. The first kappa shape index (κ1) is 23.0. The van der Waals surface area contributed by atoms with Gasteiger partial charge in [0, 0.05) is 61.5 Å². The van der Waals surface area contributed by atoms with Crippen molar-refractivity contribution < 1.29 is 9.84 Å². The van der Waals surface area contributed by atoms with Crippen LogP contribution in [-0.4, -0.2) is 60.2 Å². The maximum atomic E-state index is 11.0. The number of benzene rings is 1. The quantitative estimate of drug-likeness (QED) is 0.356. The number of rotatable bonds is 6. The number of aromatic nitrogens is 6. The number of anilines is 2. The average Bonchev–Trinajstić information content (AvgIpc) is 3.58. The molecule has 2 fully saturated rings. The van der Waals surface area contributed by atoms with Crippen molar-refractivity contribution in [3.05, 3.63) is 55.1 Å². The molecule has 1 aliphatic carbocycles. The number of nitrogen functional groups attached to an aromatic ring is 1. The molecule has 1 aromatic carbocycles. The summed E-state index contributed by atoms with van der Waals surface area (Å²) in [6.07, 6.45) is 7.55. The molecule has 1 saturated carbocycles. The van der Waals surface area contributed by atoms with Crippen molar-refractivity contribution in [2.24, 2.45) is 13.0 Å². The summed E-state index contributed by atoms with van der Waals surface area (Å²) in [6.45, 7) is 2.56. The fraction of sp³-hybridized carbons (Fsp3) is 0.357. The van der Waals surface area contributed by atoms with Crippen molar-refractivity contribution >= 4 is 33.6 Å². The molecule has 10 nitrogen and oxygen atoms in total. The van der Waals surface area contributed by atoms with E-state index in [1.807, 2.05) is 43.7 Å². The second kappa shape index (κ2) is 8.98. The van der Waals surface area contributed by atoms with E-state index in [0.717, 1.165) is 64.3 Å². The monoisotopic (exact) mass is 510 g/mol. The summed E-state index contributed by atoms with van der Waals surface area (Å²) < 4.78 is 10.1. The Morgan fingerprint density at radius 3 is 2.76 bits per heavy atom. The Morgan fingerprint density at radius 1 is 1.11 bits per heavy atom. The van der Waals surface area contributed by atoms with Gasteiger partial charge in [0.2, 0.25) is 0 Å². The van der Waals surface area contributed by atoms with Crippen LogP contribution in [0, 0.1) is 5.92 Å². The SMILES string of the molecule is Cn1ccc(-c2cn([C@@H]3C[C@H](COc4ccc5ccc(N6CCC6)nc5c4)[C@@H](O)C3)c3ncnc(N)c23)n1. The summed E-state index contributed by atoms with van der Waals surface area (Å²) in [5.74, 6) is 2.20. The van der Waals surface area contributed by atoms with E-state index in [2.05, 4.69) is 36.7 Å². The standard InChI is InChI=1S/C28H30N8O2/c1-34-10-7-22(33-34)21-14-36(28-26(21)27(29)30-16-31-28)19-11-18(24(37)12-19)15-38-20-5-3-17-4-6-25(32-23(17)13-20)35-8-2-9-35/h3-7,10,13-14,16,18-19,24,37H,2,8-9,11-12,15H2,1H3,(H2,29,30,31)/t18-,19-,24+/m1/s1. The molecule has 2 aliphatic rings. The maximum absolute atomic E-state index is 11.0. The Bertz CT molecular complexity index is 1640. The lowest BCUT2D eigenvalue weighted by molar-refractivity contribution is 0.0983. The number of hydrogen-bond acceptors (Lipinski definition) is 8. The van der Waals surface area contributed by atoms with E-state index in [0.29, 0.717) is 18.8 Å². The third kappa shape index (κ3) is 3.92. The summed E-state index contributed by atoms with van der Waals surface area (Å²) in [5.41, 5.74) is 9.68. The molecule has 5 aromatic rings. The lowest BCUT2D eigenvalue weighted by Gasteiger charge is -2.32. The van der Waals surface area contributed by atoms with Crippen LogP contribution >= 0.6 is 0 Å². The molecule has 1 aliphatic heterocycles. The third-order valence-corrected chi connectivity index (χ3v) is 7.95. The van der Waals surface area contributed by atoms with Crippen LogP contribution in [0.15, 0.2) is 55.1 Å². The smallest absolute Gasteiger partial charge is 0.146 e. The summed E-state index contributed by atoms with van der Waals surface area (Å²) in [7, 11) is 1.89. The molecule has 7 rings (SSSR count). The maximum Gasteiger partial charge on any atom is 0.146 e. The largest absolute Gasteiger partial charge is 0.493 e. The van der Waals surface area contributed by atoms with Gasteiger partial charge in [-0.3, -0.25) is 4.68 Å². The van der Waals surface area contributed by atoms with Gasteiger partial charge in [-0.1, -0.05) is 0 Å². The van der Waals surface area contributed by atoms with Crippen LogP contribution in [0.3, 0.4) is 0 Å². The lowest BCUT2D eigenvalue weighted by Crippen LogP contribution is -2.37. The number of hydrogen-bond donors (Lipinski definition) is 2. The van der Waals surface area contributed by atoms with Crippen LogP contribution in [0.25, 0.3) is 33.2 Å². The molecule has 194 valence electrons. The topological polar surface area (TPSA) is 120 Å². The van der Waals surface area contributed by atoms with Crippen LogP contribution in [0.4, 0.5) is 11.6 Å². The highest BCUT2D eigenvalue weighted by Crippen LogP contribution is 2.40. The molecular weight excluding hydrogens is 480 g/mol. The van der Waals surface area contributed by atoms with E-state index in [-0.39, 0.29) is 12.0 Å². The Hall–Kier alpha value is -4.18. The molecule has 5 heterocycles. The number of ether oxygens (including phenoxy) is 1. The van der Waals surface area contributed by atoms with E-state index in [9.17, 15) is 5.11 Å². The summed E-state index contributed by atoms with van der Waals surface area (Å²) >= 11 is 0. The average molecular weight is 511 g/mol. The predicted octanol–water partition coefficient (Wildman–Crippen LogP) is 3.56. The first-order chi connectivity index (χ1) is 18.5. The van der Waals surface area contributed by atoms with Gasteiger partial charge in [-0.2, -0.15) is 5.10 Å². The minimum Gasteiger partial charge on any atom is -0.493 e. The molecule has 0 bridgehead atoms. The van der Waals surface area contributed by atoms with Crippen LogP contribution in [0.2, 0.25) is 0 Å². The minimum absolute atomic E-state index is 0.00832. The fourth-order valence-electron chi connectivity index (χ4n) is 5.72. The van der Waals surface area contributed by atoms with Gasteiger partial charge in [0.1, 0.15) is 29.4 Å². The molecule has 38 heavy (non-hydrogen) atoms. The van der Waals surface area contributed by atoms with Crippen LogP contribution < -0.4 is 15.4 Å². The molecule has 4 aromatic heterocycles. The van der Waals surface area contributed by atoms with E-state index in [4.69, 9.17) is 15.5 Å². The number of nitrogens with two attached hydrogens (primary N) is 1. The van der Waals surface area contributed by atoms with Gasteiger partial charge in [0.25, 0.3) is 0 Å². The number of pyridine rings is 1. The summed E-state index contributed by atoms with van der Waals surface area (Å²) in [4.78, 5) is 15.9. The Balaban J connectivity index is 1.11. The van der Waals surface area contributed by atoms with Crippen molar-refractivity contribution in [2.45, 2.75) is 31.4 Å². The zero-order chi connectivity index (χ0) is 25.8. The normalized spacial score (nSPS) is 21.3. The van der Waals surface area contributed by atoms with Crippen molar-refractivity contribution in [3.8, 4) is 17.0 Å². The van der Waals surface area contributed by atoms with E-state index in [1.165, 1.54) is 12.7 Å². The van der Waals surface area contributed by atoms with Crippen LogP contribution in [-0.2, 0) is 7.05 Å². The number of aliphatic hydroxyl groups is 1. The molecular formula is C28H30N8O2. The van der Waals surface area contributed by atoms with Crippen molar-refractivity contribution in [2.75, 3.05) is 30.3 Å². The highest BCUT2D eigenvalue weighted by atomic mass is 16.5. The molecule has 0 spiro atoms. The third-order valence-electron chi connectivity index (χ3n) is 7.95. The van der Waals surface area contributed by atoms with Gasteiger partial charge in [-0.05, 0) is 49.6 Å². The molecule has 3 atom stereocenters. The zero-order valence-corrected chi connectivity index (χ0v) is 21.2. The summed E-state index contributed by atoms with van der Waals surface area (Å²) in [6, 6.07) is 12.2. The van der Waals surface area contributed by atoms with E-state index in [1.54, 1.807) is 4.68 Å². The van der Waals surface area contributed by atoms with Crippen molar-refractivity contribution in [3.63, 3.8) is 0 Å². The van der Waals surface area contributed by atoms with Gasteiger partial charge < -0.3 is 25.0 Å². The fourth-order valence-corrected chi connectivity index (χ4v) is 5.72. The molecule has 0 amide bonds. The molecule has 1 saturated heterocycles. The molecule has 3 N–H and O–H groups in total. The van der Waals surface area contributed by atoms with Crippen LogP contribution in [0.1, 0.15) is 25.3 Å². The number of fused-ring (bicyclic) bond motifs is 2. The van der Waals surface area contributed by atoms with Gasteiger partial charge in [0.15, 0.2) is 0 Å². The second-order valence-corrected chi connectivity index (χ2v) is 10.4. The molecule has 0 unspecified atom stereocenters. The van der Waals surface area contributed by atoms with Crippen LogP contribution in [0.5, 0.6) is 5.75 Å². The first-order valence-corrected chi connectivity index (χ1v) is 13.1. The minimum atomic E-state index is -0.480. The predicted molar refractivity (Wildman–Crippen MR) is 146 cm³/mol. The van der Waals surface area contributed by atoms with Gasteiger partial charge in [0.05, 0.1) is 29.3 Å². The Morgan fingerprint density at radius 2 is 1.97 bits per heavy atom. The van der Waals surface area contributed by atoms with Gasteiger partial charge in [-0.15, -0.1) is 0 Å². The molecule has 0 radical (unpaired) electrons. The Labute approximate surface area is 219 Å². The second-order valence-electron chi connectivity index (χ2n) is 10.4. The van der Waals surface area contributed by atoms with Gasteiger partial charge >= 0.3 is 0 Å². The number of nitrogens with zero attached hydrogens (tertiary/aromatic N) is 7. The lowest BCUT2D eigenvalue weighted by atomic mass is 10.1. The van der Waals surface area contributed by atoms with Crippen molar-refractivity contribution in [1.82, 2.24) is 29.3 Å². The molecule has 10 heteroatoms. The number of aryl methyl sites for hydroxylation is 1. The van der Waals surface area contributed by atoms with Crippen molar-refractivity contribution in [1.29, 1.82) is 0 Å².